The van der Waals surface area contributed by atoms with Crippen molar-refractivity contribution in [3.8, 4) is 0 Å². The molecule has 1 amide bonds. The maximum atomic E-state index is 11.9. The quantitative estimate of drug-likeness (QED) is 0.850. The monoisotopic (exact) mass is 311 g/mol. The van der Waals surface area contributed by atoms with Gasteiger partial charge in [0.1, 0.15) is 16.5 Å². The number of rotatable bonds is 3. The molecule has 0 bridgehead atoms. The molecular formula is C12H7Cl2N3O3. The molecule has 0 atom stereocenters. The number of anilines is 1. The molecule has 0 unspecified atom stereocenters. The molecular weight excluding hydrogens is 305 g/mol. The van der Waals surface area contributed by atoms with Crippen LogP contribution in [0.4, 0.5) is 5.69 Å². The minimum Gasteiger partial charge on any atom is -0.477 e. The molecule has 2 aromatic rings. The molecule has 0 saturated heterocycles. The van der Waals surface area contributed by atoms with Gasteiger partial charge in [0.25, 0.3) is 5.91 Å². The summed E-state index contributed by atoms with van der Waals surface area (Å²) < 4.78 is 0. The van der Waals surface area contributed by atoms with Crippen molar-refractivity contribution in [3.63, 3.8) is 0 Å². The number of carboxylic acid groups (broad SMARTS) is 1. The number of carbonyl (C=O) groups excluding carboxylic acids is 1. The van der Waals surface area contributed by atoms with Gasteiger partial charge in [-0.05, 0) is 24.3 Å². The van der Waals surface area contributed by atoms with Crippen molar-refractivity contribution >= 4 is 40.8 Å². The number of halogens is 2. The lowest BCUT2D eigenvalue weighted by molar-refractivity contribution is 0.0690. The van der Waals surface area contributed by atoms with E-state index in [-0.39, 0.29) is 21.6 Å². The van der Waals surface area contributed by atoms with Gasteiger partial charge in [0.15, 0.2) is 0 Å². The molecule has 2 rings (SSSR count). The summed E-state index contributed by atoms with van der Waals surface area (Å²) in [5.41, 5.74) is 0.168. The van der Waals surface area contributed by atoms with Crippen LogP contribution >= 0.6 is 23.2 Å². The lowest BCUT2D eigenvalue weighted by Gasteiger charge is -2.06. The van der Waals surface area contributed by atoms with Crippen molar-refractivity contribution in [1.82, 2.24) is 9.97 Å². The van der Waals surface area contributed by atoms with Crippen LogP contribution in [0.25, 0.3) is 0 Å². The molecule has 0 aliphatic carbocycles. The van der Waals surface area contributed by atoms with Crippen LogP contribution in [0, 0.1) is 0 Å². The van der Waals surface area contributed by atoms with E-state index in [0.717, 1.165) is 0 Å². The van der Waals surface area contributed by atoms with E-state index in [9.17, 15) is 9.59 Å². The number of amides is 1. The number of hydrogen-bond donors (Lipinski definition) is 2. The minimum atomic E-state index is -1.15. The van der Waals surface area contributed by atoms with Crippen LogP contribution in [0.2, 0.25) is 10.2 Å². The standard InChI is InChI=1S/C12H7Cl2N3O3/c13-7-2-4-9(14)17-10(7)11(18)16-6-1-3-8(12(19)20)15-5-6/h1-5H,(H,16,18)(H,19,20). The number of carbonyl (C=O) groups is 2. The summed E-state index contributed by atoms with van der Waals surface area (Å²) in [5.74, 6) is -1.72. The molecule has 2 heterocycles. The van der Waals surface area contributed by atoms with Crippen molar-refractivity contribution in [3.05, 3.63) is 52.0 Å². The Bertz CT molecular complexity index is 674. The summed E-state index contributed by atoms with van der Waals surface area (Å²) in [4.78, 5) is 30.1. The van der Waals surface area contributed by atoms with E-state index in [1.165, 1.54) is 30.5 Å². The first-order valence-corrected chi connectivity index (χ1v) is 6.05. The average Bonchev–Trinajstić information content (AvgIpc) is 2.42. The second-order valence-electron chi connectivity index (χ2n) is 3.66. The highest BCUT2D eigenvalue weighted by Gasteiger charge is 2.13. The summed E-state index contributed by atoms with van der Waals surface area (Å²) >= 11 is 11.5. The highest BCUT2D eigenvalue weighted by atomic mass is 35.5. The van der Waals surface area contributed by atoms with Crippen LogP contribution in [0.5, 0.6) is 0 Å². The maximum Gasteiger partial charge on any atom is 0.354 e. The van der Waals surface area contributed by atoms with Crippen molar-refractivity contribution in [1.29, 1.82) is 0 Å². The van der Waals surface area contributed by atoms with Gasteiger partial charge in [-0.25, -0.2) is 14.8 Å². The molecule has 2 aromatic heterocycles. The third-order valence-corrected chi connectivity index (χ3v) is 2.78. The molecule has 0 aliphatic heterocycles. The fourth-order valence-electron chi connectivity index (χ4n) is 1.36. The van der Waals surface area contributed by atoms with Crippen LogP contribution in [0.1, 0.15) is 21.0 Å². The summed E-state index contributed by atoms with van der Waals surface area (Å²) in [6.07, 6.45) is 1.22. The minimum absolute atomic E-state index is 0.0264. The topological polar surface area (TPSA) is 92.2 Å². The molecule has 0 spiro atoms. The normalized spacial score (nSPS) is 10.1. The number of aromatic carboxylic acids is 1. The highest BCUT2D eigenvalue weighted by molar-refractivity contribution is 6.35. The molecule has 0 aromatic carbocycles. The second-order valence-corrected chi connectivity index (χ2v) is 4.45. The van der Waals surface area contributed by atoms with E-state index in [1.54, 1.807) is 0 Å². The predicted octanol–water partition coefficient (Wildman–Crippen LogP) is 2.73. The Labute approximate surface area is 123 Å². The van der Waals surface area contributed by atoms with E-state index in [0.29, 0.717) is 5.69 Å². The first kappa shape index (κ1) is 14.2. The molecule has 0 fully saturated rings. The van der Waals surface area contributed by atoms with Crippen molar-refractivity contribution < 1.29 is 14.7 Å². The summed E-state index contributed by atoms with van der Waals surface area (Å²) in [5, 5.41) is 11.5. The Balaban J connectivity index is 2.19. The van der Waals surface area contributed by atoms with Gasteiger partial charge in [0.2, 0.25) is 0 Å². The highest BCUT2D eigenvalue weighted by Crippen LogP contribution is 2.18. The number of carboxylic acids is 1. The number of aromatic nitrogens is 2. The Kier molecular flexibility index (Phi) is 4.16. The van der Waals surface area contributed by atoms with Crippen LogP contribution in [-0.2, 0) is 0 Å². The predicted molar refractivity (Wildman–Crippen MR) is 73.4 cm³/mol. The Hall–Kier alpha value is -2.18. The van der Waals surface area contributed by atoms with E-state index < -0.39 is 11.9 Å². The molecule has 102 valence electrons. The number of nitrogens with zero attached hydrogens (tertiary/aromatic N) is 2. The van der Waals surface area contributed by atoms with Gasteiger partial charge in [0.05, 0.1) is 16.9 Å². The zero-order valence-electron chi connectivity index (χ0n) is 9.80. The third-order valence-electron chi connectivity index (χ3n) is 2.27. The van der Waals surface area contributed by atoms with Gasteiger partial charge in [-0.2, -0.15) is 0 Å². The average molecular weight is 312 g/mol. The fourth-order valence-corrected chi connectivity index (χ4v) is 1.70. The number of nitrogens with one attached hydrogen (secondary N) is 1. The zero-order chi connectivity index (χ0) is 14.7. The second kappa shape index (κ2) is 5.85. The Morgan fingerprint density at radius 1 is 1.15 bits per heavy atom. The lowest BCUT2D eigenvalue weighted by atomic mass is 10.3. The van der Waals surface area contributed by atoms with Crippen LogP contribution < -0.4 is 5.32 Å². The van der Waals surface area contributed by atoms with Gasteiger partial charge >= 0.3 is 5.97 Å². The SMILES string of the molecule is O=C(O)c1ccc(NC(=O)c2nc(Cl)ccc2Cl)cn1. The fraction of sp³-hybridized carbons (Fsp3) is 0. The van der Waals surface area contributed by atoms with Crippen LogP contribution in [0.15, 0.2) is 30.5 Å². The molecule has 20 heavy (non-hydrogen) atoms. The molecule has 0 aliphatic rings. The van der Waals surface area contributed by atoms with Gasteiger partial charge < -0.3 is 10.4 Å². The first-order valence-electron chi connectivity index (χ1n) is 5.30. The maximum absolute atomic E-state index is 11.9. The molecule has 2 N–H and O–H groups in total. The zero-order valence-corrected chi connectivity index (χ0v) is 11.3. The first-order chi connectivity index (χ1) is 9.47. The largest absolute Gasteiger partial charge is 0.477 e. The number of hydrogen-bond acceptors (Lipinski definition) is 4. The van der Waals surface area contributed by atoms with Crippen molar-refractivity contribution in [2.45, 2.75) is 0 Å². The Morgan fingerprint density at radius 3 is 2.50 bits per heavy atom. The number of pyridine rings is 2. The summed E-state index contributed by atoms with van der Waals surface area (Å²) in [6.45, 7) is 0. The molecule has 0 saturated carbocycles. The molecule has 0 radical (unpaired) electrons. The lowest BCUT2D eigenvalue weighted by Crippen LogP contribution is -2.15. The van der Waals surface area contributed by atoms with E-state index in [4.69, 9.17) is 28.3 Å². The van der Waals surface area contributed by atoms with Gasteiger partial charge in [-0.15, -0.1) is 0 Å². The van der Waals surface area contributed by atoms with E-state index in [2.05, 4.69) is 15.3 Å². The van der Waals surface area contributed by atoms with Crippen LogP contribution in [0.3, 0.4) is 0 Å². The van der Waals surface area contributed by atoms with Crippen molar-refractivity contribution in [2.75, 3.05) is 5.32 Å². The smallest absolute Gasteiger partial charge is 0.354 e. The van der Waals surface area contributed by atoms with E-state index in [1.807, 2.05) is 0 Å². The van der Waals surface area contributed by atoms with Crippen LogP contribution in [-0.4, -0.2) is 27.0 Å². The summed E-state index contributed by atoms with van der Waals surface area (Å²) in [7, 11) is 0. The van der Waals surface area contributed by atoms with E-state index >= 15 is 0 Å². The van der Waals surface area contributed by atoms with Crippen molar-refractivity contribution in [2.24, 2.45) is 0 Å². The summed E-state index contributed by atoms with van der Waals surface area (Å²) in [6, 6.07) is 5.60. The van der Waals surface area contributed by atoms with Gasteiger partial charge in [-0.1, -0.05) is 23.2 Å². The van der Waals surface area contributed by atoms with Gasteiger partial charge in [-0.3, -0.25) is 4.79 Å². The third kappa shape index (κ3) is 3.23. The molecule has 8 heteroatoms. The van der Waals surface area contributed by atoms with Gasteiger partial charge in [0, 0.05) is 0 Å². The Morgan fingerprint density at radius 2 is 1.90 bits per heavy atom. The molecule has 6 nitrogen and oxygen atoms in total.